The molecule has 1 heterocycles. The molecule has 7 heteroatoms. The molecule has 1 aromatic rings. The molecular weight excluding hydrogens is 352 g/mol. The maximum Gasteiger partial charge on any atom is 0.303 e. The van der Waals surface area contributed by atoms with E-state index in [4.69, 9.17) is 5.11 Å². The summed E-state index contributed by atoms with van der Waals surface area (Å²) in [6, 6.07) is 0.209. The number of hydrogen-bond donors (Lipinski definition) is 3. The maximum atomic E-state index is 12.9. The van der Waals surface area contributed by atoms with Crippen LogP contribution in [-0.2, 0) is 16.0 Å². The highest BCUT2D eigenvalue weighted by atomic mass is 32.1. The van der Waals surface area contributed by atoms with Crippen LogP contribution in [0.3, 0.4) is 0 Å². The third-order valence-corrected chi connectivity index (χ3v) is 5.84. The van der Waals surface area contributed by atoms with Gasteiger partial charge in [0.2, 0.25) is 5.91 Å². The Morgan fingerprint density at radius 1 is 1.15 bits per heavy atom. The molecule has 0 aliphatic heterocycles. The summed E-state index contributed by atoms with van der Waals surface area (Å²) in [7, 11) is 0. The van der Waals surface area contributed by atoms with Crippen molar-refractivity contribution in [3.63, 3.8) is 0 Å². The number of carbonyl (C=O) groups is 3. The van der Waals surface area contributed by atoms with E-state index in [-0.39, 0.29) is 37.1 Å². The van der Waals surface area contributed by atoms with Gasteiger partial charge in [-0.15, -0.1) is 11.3 Å². The van der Waals surface area contributed by atoms with E-state index in [1.807, 2.05) is 13.8 Å². The molecule has 6 nitrogen and oxygen atoms in total. The third-order valence-electron chi connectivity index (χ3n) is 4.78. The number of aryl methyl sites for hydroxylation is 1. The minimum atomic E-state index is -0.911. The molecule has 144 valence electrons. The van der Waals surface area contributed by atoms with Gasteiger partial charge in [-0.05, 0) is 38.2 Å². The highest BCUT2D eigenvalue weighted by Gasteiger charge is 2.25. The molecule has 0 bridgehead atoms. The van der Waals surface area contributed by atoms with Gasteiger partial charge in [0, 0.05) is 23.8 Å². The molecule has 1 aliphatic carbocycles. The predicted molar refractivity (Wildman–Crippen MR) is 103 cm³/mol. The SMILES string of the molecule is CCc1c(C)sc(NC(=O)CCCC(=O)O)c1C(=O)NC1CCCCC1. The average Bonchev–Trinajstić information content (AvgIpc) is 2.90. The molecule has 0 atom stereocenters. The Morgan fingerprint density at radius 3 is 2.46 bits per heavy atom. The zero-order chi connectivity index (χ0) is 19.1. The number of carboxylic acids is 1. The summed E-state index contributed by atoms with van der Waals surface area (Å²) >= 11 is 1.41. The van der Waals surface area contributed by atoms with E-state index in [1.54, 1.807) is 0 Å². The van der Waals surface area contributed by atoms with Crippen molar-refractivity contribution in [2.24, 2.45) is 0 Å². The van der Waals surface area contributed by atoms with Gasteiger partial charge in [0.15, 0.2) is 0 Å². The fraction of sp³-hybridized carbons (Fsp3) is 0.632. The van der Waals surface area contributed by atoms with Crippen molar-refractivity contribution in [3.05, 3.63) is 16.0 Å². The van der Waals surface area contributed by atoms with E-state index >= 15 is 0 Å². The number of anilines is 1. The minimum absolute atomic E-state index is 0.0356. The van der Waals surface area contributed by atoms with Crippen LogP contribution in [0.4, 0.5) is 5.00 Å². The van der Waals surface area contributed by atoms with Gasteiger partial charge in [-0.25, -0.2) is 0 Å². The monoisotopic (exact) mass is 380 g/mol. The van der Waals surface area contributed by atoms with Crippen LogP contribution in [0.1, 0.15) is 79.1 Å². The largest absolute Gasteiger partial charge is 0.481 e. The molecule has 1 aliphatic rings. The van der Waals surface area contributed by atoms with Gasteiger partial charge in [-0.3, -0.25) is 14.4 Å². The Balaban J connectivity index is 2.09. The normalized spacial score (nSPS) is 14.8. The van der Waals surface area contributed by atoms with Crippen molar-refractivity contribution < 1.29 is 19.5 Å². The summed E-state index contributed by atoms with van der Waals surface area (Å²) in [5.41, 5.74) is 1.55. The Hall–Kier alpha value is -1.89. The number of aliphatic carboxylic acids is 1. The molecule has 2 amide bonds. The standard InChI is InChI=1S/C19H28N2O4S/c1-3-14-12(2)26-19(21-15(22)10-7-11-16(23)24)17(14)18(25)20-13-8-5-4-6-9-13/h13H,3-11H2,1-2H3,(H,20,25)(H,21,22)(H,23,24). The zero-order valence-corrected chi connectivity index (χ0v) is 16.3. The molecular formula is C19H28N2O4S. The lowest BCUT2D eigenvalue weighted by Crippen LogP contribution is -2.36. The summed E-state index contributed by atoms with van der Waals surface area (Å²) < 4.78 is 0. The van der Waals surface area contributed by atoms with E-state index in [9.17, 15) is 14.4 Å². The van der Waals surface area contributed by atoms with Crippen LogP contribution >= 0.6 is 11.3 Å². The van der Waals surface area contributed by atoms with Gasteiger partial charge in [0.25, 0.3) is 5.91 Å². The second-order valence-corrected chi connectivity index (χ2v) is 8.02. The molecule has 1 aromatic heterocycles. The van der Waals surface area contributed by atoms with Crippen molar-refractivity contribution in [3.8, 4) is 0 Å². The fourth-order valence-electron chi connectivity index (χ4n) is 3.43. The molecule has 0 spiro atoms. The number of amides is 2. The molecule has 0 unspecified atom stereocenters. The Kier molecular flexibility index (Phi) is 7.63. The molecule has 0 radical (unpaired) electrons. The average molecular weight is 381 g/mol. The highest BCUT2D eigenvalue weighted by molar-refractivity contribution is 7.16. The molecule has 0 saturated heterocycles. The summed E-state index contributed by atoms with van der Waals surface area (Å²) in [6.45, 7) is 3.96. The first-order chi connectivity index (χ1) is 12.4. The van der Waals surface area contributed by atoms with Crippen LogP contribution in [0.2, 0.25) is 0 Å². The molecule has 2 rings (SSSR count). The first-order valence-electron chi connectivity index (χ1n) is 9.37. The minimum Gasteiger partial charge on any atom is -0.481 e. The van der Waals surface area contributed by atoms with Gasteiger partial charge in [0.05, 0.1) is 5.56 Å². The predicted octanol–water partition coefficient (Wildman–Crippen LogP) is 3.87. The second-order valence-electron chi connectivity index (χ2n) is 6.80. The zero-order valence-electron chi connectivity index (χ0n) is 15.5. The molecule has 1 saturated carbocycles. The third kappa shape index (κ3) is 5.56. The summed E-state index contributed by atoms with van der Waals surface area (Å²) in [5.74, 6) is -1.27. The summed E-state index contributed by atoms with van der Waals surface area (Å²) in [6.07, 6.45) is 6.63. The van der Waals surface area contributed by atoms with Crippen LogP contribution in [-0.4, -0.2) is 28.9 Å². The number of rotatable bonds is 8. The van der Waals surface area contributed by atoms with Gasteiger partial charge >= 0.3 is 5.97 Å². The van der Waals surface area contributed by atoms with Crippen molar-refractivity contribution in [1.29, 1.82) is 0 Å². The molecule has 1 fully saturated rings. The number of carboxylic acid groups (broad SMARTS) is 1. The van der Waals surface area contributed by atoms with Gasteiger partial charge < -0.3 is 15.7 Å². The van der Waals surface area contributed by atoms with Crippen molar-refractivity contribution in [1.82, 2.24) is 5.32 Å². The quantitative estimate of drug-likeness (QED) is 0.638. The van der Waals surface area contributed by atoms with E-state index in [0.717, 1.165) is 42.5 Å². The lowest BCUT2D eigenvalue weighted by molar-refractivity contribution is -0.137. The van der Waals surface area contributed by atoms with Crippen LogP contribution in [0.15, 0.2) is 0 Å². The van der Waals surface area contributed by atoms with Crippen molar-refractivity contribution in [2.45, 2.75) is 77.7 Å². The van der Waals surface area contributed by atoms with E-state index < -0.39 is 5.97 Å². The first kappa shape index (κ1) is 20.4. The van der Waals surface area contributed by atoms with Crippen LogP contribution < -0.4 is 10.6 Å². The Bertz CT molecular complexity index is 663. The first-order valence-corrected chi connectivity index (χ1v) is 10.2. The summed E-state index contributed by atoms with van der Waals surface area (Å²) in [4.78, 5) is 36.6. The lowest BCUT2D eigenvalue weighted by Gasteiger charge is -2.23. The van der Waals surface area contributed by atoms with Crippen LogP contribution in [0.25, 0.3) is 0 Å². The van der Waals surface area contributed by atoms with Crippen LogP contribution in [0, 0.1) is 6.92 Å². The number of thiophene rings is 1. The van der Waals surface area contributed by atoms with Gasteiger partial charge in [0.1, 0.15) is 5.00 Å². The van der Waals surface area contributed by atoms with Crippen LogP contribution in [0.5, 0.6) is 0 Å². The summed E-state index contributed by atoms with van der Waals surface area (Å²) in [5, 5.41) is 15.2. The number of nitrogens with one attached hydrogen (secondary N) is 2. The van der Waals surface area contributed by atoms with Crippen molar-refractivity contribution >= 4 is 34.1 Å². The lowest BCUT2D eigenvalue weighted by atomic mass is 9.95. The van der Waals surface area contributed by atoms with E-state index in [0.29, 0.717) is 10.6 Å². The number of carbonyl (C=O) groups excluding carboxylic acids is 2. The maximum absolute atomic E-state index is 12.9. The molecule has 0 aromatic carbocycles. The second kappa shape index (κ2) is 9.71. The Labute approximate surface area is 158 Å². The fourth-order valence-corrected chi connectivity index (χ4v) is 4.59. The smallest absolute Gasteiger partial charge is 0.303 e. The molecule has 26 heavy (non-hydrogen) atoms. The van der Waals surface area contributed by atoms with Crippen molar-refractivity contribution in [2.75, 3.05) is 5.32 Å². The topological polar surface area (TPSA) is 95.5 Å². The highest BCUT2D eigenvalue weighted by Crippen LogP contribution is 2.34. The van der Waals surface area contributed by atoms with E-state index in [1.165, 1.54) is 17.8 Å². The molecule has 3 N–H and O–H groups in total. The Morgan fingerprint density at radius 2 is 1.85 bits per heavy atom. The van der Waals surface area contributed by atoms with Gasteiger partial charge in [-0.2, -0.15) is 0 Å². The van der Waals surface area contributed by atoms with Gasteiger partial charge in [-0.1, -0.05) is 26.2 Å². The number of hydrogen-bond acceptors (Lipinski definition) is 4. The van der Waals surface area contributed by atoms with E-state index in [2.05, 4.69) is 10.6 Å².